The summed E-state index contributed by atoms with van der Waals surface area (Å²) in [4.78, 5) is 33.6. The summed E-state index contributed by atoms with van der Waals surface area (Å²) in [5.41, 5.74) is -1.27. The minimum absolute atomic E-state index is 0.0530. The molecule has 25 heavy (non-hydrogen) atoms. The van der Waals surface area contributed by atoms with Gasteiger partial charge >= 0.3 is 12.1 Å². The Labute approximate surface area is 142 Å². The molecule has 0 aliphatic heterocycles. The number of hydrogen-bond acceptors (Lipinski definition) is 3. The van der Waals surface area contributed by atoms with E-state index in [9.17, 15) is 27.6 Å². The molecule has 0 bridgehead atoms. The van der Waals surface area contributed by atoms with Gasteiger partial charge in [0.2, 0.25) is 11.8 Å². The molecule has 0 saturated carbocycles. The molecule has 0 saturated heterocycles. The lowest BCUT2D eigenvalue weighted by Gasteiger charge is -2.26. The minimum atomic E-state index is -4.49. The number of anilines is 1. The van der Waals surface area contributed by atoms with Crippen LogP contribution in [0.3, 0.4) is 0 Å². The van der Waals surface area contributed by atoms with Crippen LogP contribution in [0.2, 0.25) is 0 Å². The third-order valence-electron chi connectivity index (χ3n) is 3.41. The molecule has 0 aliphatic rings. The van der Waals surface area contributed by atoms with Crippen LogP contribution in [-0.2, 0) is 20.8 Å². The van der Waals surface area contributed by atoms with Crippen LogP contribution in [0, 0.1) is 5.41 Å². The molecule has 0 fully saturated rings. The Morgan fingerprint density at radius 1 is 1.04 bits per heavy atom. The number of amides is 2. The van der Waals surface area contributed by atoms with Gasteiger partial charge in [-0.25, -0.2) is 0 Å². The maximum atomic E-state index is 12.8. The molecule has 9 heteroatoms. The normalized spacial score (nSPS) is 11.7. The second-order valence-corrected chi connectivity index (χ2v) is 6.15. The molecule has 138 valence electrons. The topological polar surface area (TPSA) is 95.5 Å². The average Bonchev–Trinajstić information content (AvgIpc) is 2.45. The molecule has 0 unspecified atom stereocenters. The quantitative estimate of drug-likeness (QED) is 0.696. The van der Waals surface area contributed by atoms with Gasteiger partial charge in [0.15, 0.2) is 0 Å². The lowest BCUT2D eigenvalue weighted by Crippen LogP contribution is -2.35. The molecule has 1 aromatic rings. The van der Waals surface area contributed by atoms with Gasteiger partial charge in [0.1, 0.15) is 6.54 Å². The van der Waals surface area contributed by atoms with Crippen molar-refractivity contribution in [1.29, 1.82) is 0 Å². The van der Waals surface area contributed by atoms with Gasteiger partial charge in [0.25, 0.3) is 0 Å². The van der Waals surface area contributed by atoms with Crippen molar-refractivity contribution in [1.82, 2.24) is 5.32 Å². The lowest BCUT2D eigenvalue weighted by molar-refractivity contribution is -0.213. The Morgan fingerprint density at radius 3 is 2.08 bits per heavy atom. The molecular weight excluding hydrogens is 341 g/mol. The fraction of sp³-hybridized carbons (Fsp3) is 0.438. The van der Waals surface area contributed by atoms with Crippen molar-refractivity contribution < 1.29 is 32.7 Å². The second-order valence-electron chi connectivity index (χ2n) is 6.15. The highest BCUT2D eigenvalue weighted by molar-refractivity contribution is 5.91. The second kappa shape index (κ2) is 8.00. The fourth-order valence-electron chi connectivity index (χ4n) is 1.83. The summed E-state index contributed by atoms with van der Waals surface area (Å²) >= 11 is 0. The van der Waals surface area contributed by atoms with Crippen LogP contribution < -0.4 is 10.6 Å². The van der Waals surface area contributed by atoms with Crippen LogP contribution in [0.4, 0.5) is 18.9 Å². The summed E-state index contributed by atoms with van der Waals surface area (Å²) in [5.74, 6) is -2.41. The minimum Gasteiger partial charge on any atom is -0.480 e. The number of carboxylic acid groups (broad SMARTS) is 1. The van der Waals surface area contributed by atoms with Crippen LogP contribution in [0.1, 0.15) is 25.8 Å². The van der Waals surface area contributed by atoms with E-state index in [2.05, 4.69) is 10.6 Å². The number of alkyl halides is 3. The fourth-order valence-corrected chi connectivity index (χ4v) is 1.83. The van der Waals surface area contributed by atoms with Gasteiger partial charge in [0, 0.05) is 12.1 Å². The highest BCUT2D eigenvalue weighted by atomic mass is 19.4. The van der Waals surface area contributed by atoms with Gasteiger partial charge in [-0.15, -0.1) is 0 Å². The molecule has 3 N–H and O–H groups in total. The maximum Gasteiger partial charge on any atom is 0.394 e. The van der Waals surface area contributed by atoms with E-state index in [0.29, 0.717) is 11.3 Å². The zero-order valence-corrected chi connectivity index (χ0v) is 13.7. The zero-order chi connectivity index (χ0) is 19.3. The predicted octanol–water partition coefficient (Wildman–Crippen LogP) is 2.35. The average molecular weight is 360 g/mol. The van der Waals surface area contributed by atoms with Gasteiger partial charge in [-0.3, -0.25) is 14.4 Å². The number of carbonyl (C=O) groups is 3. The van der Waals surface area contributed by atoms with Crippen LogP contribution in [0.15, 0.2) is 24.3 Å². The molecule has 0 aromatic heterocycles. The molecule has 0 spiro atoms. The van der Waals surface area contributed by atoms with E-state index >= 15 is 0 Å². The zero-order valence-electron chi connectivity index (χ0n) is 13.7. The maximum absolute atomic E-state index is 12.8. The summed E-state index contributed by atoms with van der Waals surface area (Å²) in [6, 6.07) is 5.95. The van der Waals surface area contributed by atoms with E-state index in [-0.39, 0.29) is 6.42 Å². The first-order chi connectivity index (χ1) is 11.4. The predicted molar refractivity (Wildman–Crippen MR) is 83.9 cm³/mol. The molecular formula is C16H19F3N2O4. The van der Waals surface area contributed by atoms with Gasteiger partial charge in [0.05, 0.1) is 11.8 Å². The first-order valence-corrected chi connectivity index (χ1v) is 7.35. The van der Waals surface area contributed by atoms with E-state index in [0.717, 1.165) is 13.8 Å². The Morgan fingerprint density at radius 2 is 1.60 bits per heavy atom. The number of aliphatic carboxylic acids is 1. The first-order valence-electron chi connectivity index (χ1n) is 7.35. The van der Waals surface area contributed by atoms with Crippen molar-refractivity contribution in [2.75, 3.05) is 11.9 Å². The van der Waals surface area contributed by atoms with Crippen molar-refractivity contribution in [3.8, 4) is 0 Å². The molecule has 0 aliphatic carbocycles. The van der Waals surface area contributed by atoms with E-state index in [1.807, 2.05) is 0 Å². The van der Waals surface area contributed by atoms with Crippen molar-refractivity contribution >= 4 is 23.5 Å². The Kier molecular flexibility index (Phi) is 6.55. The van der Waals surface area contributed by atoms with Crippen LogP contribution in [0.25, 0.3) is 0 Å². The van der Waals surface area contributed by atoms with Crippen LogP contribution >= 0.6 is 0 Å². The number of hydrogen-bond donors (Lipinski definition) is 3. The SMILES string of the molecule is CC(C)(CC(=O)Nc1ccc(CC(=O)NCC(=O)O)cc1)C(F)(F)F. The van der Waals surface area contributed by atoms with E-state index < -0.39 is 42.3 Å². The molecule has 1 aromatic carbocycles. The number of rotatable bonds is 7. The summed E-state index contributed by atoms with van der Waals surface area (Å²) in [6.07, 6.45) is -5.25. The van der Waals surface area contributed by atoms with Gasteiger partial charge in [-0.1, -0.05) is 26.0 Å². The van der Waals surface area contributed by atoms with E-state index in [1.54, 1.807) is 0 Å². The molecule has 0 atom stereocenters. The van der Waals surface area contributed by atoms with Gasteiger partial charge < -0.3 is 15.7 Å². The Bertz CT molecular complexity index is 640. The summed E-state index contributed by atoms with van der Waals surface area (Å²) < 4.78 is 38.3. The Balaban J connectivity index is 2.58. The summed E-state index contributed by atoms with van der Waals surface area (Å²) in [7, 11) is 0. The van der Waals surface area contributed by atoms with E-state index in [4.69, 9.17) is 5.11 Å². The molecule has 0 radical (unpaired) electrons. The molecule has 0 heterocycles. The number of nitrogens with one attached hydrogen (secondary N) is 2. The smallest absolute Gasteiger partial charge is 0.394 e. The van der Waals surface area contributed by atoms with Crippen molar-refractivity contribution in [2.24, 2.45) is 5.41 Å². The monoisotopic (exact) mass is 360 g/mol. The number of benzene rings is 1. The largest absolute Gasteiger partial charge is 0.480 e. The van der Waals surface area contributed by atoms with E-state index in [1.165, 1.54) is 24.3 Å². The number of halogens is 3. The third-order valence-corrected chi connectivity index (χ3v) is 3.41. The van der Waals surface area contributed by atoms with Crippen LogP contribution in [0.5, 0.6) is 0 Å². The lowest BCUT2D eigenvalue weighted by atomic mass is 9.88. The highest BCUT2D eigenvalue weighted by Crippen LogP contribution is 2.40. The van der Waals surface area contributed by atoms with Gasteiger partial charge in [-0.05, 0) is 17.7 Å². The number of carbonyl (C=O) groups excluding carboxylic acids is 2. The Hall–Kier alpha value is -2.58. The third kappa shape index (κ3) is 6.82. The molecule has 2 amide bonds. The summed E-state index contributed by atoms with van der Waals surface area (Å²) in [5, 5.41) is 13.0. The molecule has 1 rings (SSSR count). The van der Waals surface area contributed by atoms with Gasteiger partial charge in [-0.2, -0.15) is 13.2 Å². The highest BCUT2D eigenvalue weighted by Gasteiger charge is 2.48. The van der Waals surface area contributed by atoms with Crippen molar-refractivity contribution in [2.45, 2.75) is 32.9 Å². The molecule has 6 nitrogen and oxygen atoms in total. The standard InChI is InChI=1S/C16H19F3N2O4/c1-15(2,16(17,18)19)8-13(23)21-11-5-3-10(4-6-11)7-12(22)20-9-14(24)25/h3-6H,7-9H2,1-2H3,(H,20,22)(H,21,23)(H,24,25). The first kappa shape index (κ1) is 20.5. The van der Waals surface area contributed by atoms with Crippen molar-refractivity contribution in [3.63, 3.8) is 0 Å². The van der Waals surface area contributed by atoms with Crippen molar-refractivity contribution in [3.05, 3.63) is 29.8 Å². The number of carboxylic acids is 1. The van der Waals surface area contributed by atoms with Crippen LogP contribution in [-0.4, -0.2) is 35.6 Å². The summed E-state index contributed by atoms with van der Waals surface area (Å²) in [6.45, 7) is 1.42.